The van der Waals surface area contributed by atoms with E-state index >= 15 is 0 Å². The van der Waals surface area contributed by atoms with Gasteiger partial charge < -0.3 is 4.90 Å². The molecule has 0 aliphatic carbocycles. The van der Waals surface area contributed by atoms with E-state index in [9.17, 15) is 0 Å². The number of rotatable bonds is 3. The third kappa shape index (κ3) is 2.18. The summed E-state index contributed by atoms with van der Waals surface area (Å²) in [5.41, 5.74) is 4.08. The molecule has 0 saturated heterocycles. The van der Waals surface area contributed by atoms with Crippen LogP contribution in [0.2, 0.25) is 0 Å². The Hall–Kier alpha value is -1.93. The first-order valence-corrected chi connectivity index (χ1v) is 5.69. The first-order chi connectivity index (χ1) is 7.81. The van der Waals surface area contributed by atoms with Crippen LogP contribution in [0, 0.1) is 11.3 Å². The Morgan fingerprint density at radius 2 is 2.38 bits per heavy atom. The summed E-state index contributed by atoms with van der Waals surface area (Å²) in [5.74, 6) is 0. The highest BCUT2D eigenvalue weighted by molar-refractivity contribution is 7.07. The standard InChI is InChI=1S/C11H10N4S/c1-15(6-9-7-16-8-14-9)11-3-2-4-13-10(11)5-12/h2-4,7-8H,6H2,1H3. The van der Waals surface area contributed by atoms with Gasteiger partial charge in [0.15, 0.2) is 5.69 Å². The van der Waals surface area contributed by atoms with Crippen molar-refractivity contribution in [2.45, 2.75) is 6.54 Å². The number of nitriles is 1. The molecule has 0 unspecified atom stereocenters. The van der Waals surface area contributed by atoms with E-state index < -0.39 is 0 Å². The minimum absolute atomic E-state index is 0.445. The van der Waals surface area contributed by atoms with Crippen LogP contribution in [0.15, 0.2) is 29.2 Å². The second-order valence-corrected chi connectivity index (χ2v) is 4.04. The first-order valence-electron chi connectivity index (χ1n) is 4.74. The summed E-state index contributed by atoms with van der Waals surface area (Å²) in [4.78, 5) is 10.2. The van der Waals surface area contributed by atoms with E-state index in [1.54, 1.807) is 23.0 Å². The smallest absolute Gasteiger partial charge is 0.163 e. The second-order valence-electron chi connectivity index (χ2n) is 3.32. The van der Waals surface area contributed by atoms with Crippen molar-refractivity contribution in [3.05, 3.63) is 40.6 Å². The Kier molecular flexibility index (Phi) is 3.13. The maximum Gasteiger partial charge on any atom is 0.163 e. The van der Waals surface area contributed by atoms with Gasteiger partial charge in [-0.2, -0.15) is 5.26 Å². The number of aromatic nitrogens is 2. The van der Waals surface area contributed by atoms with Crippen molar-refractivity contribution in [1.82, 2.24) is 9.97 Å². The molecule has 2 aromatic rings. The summed E-state index contributed by atoms with van der Waals surface area (Å²) in [5, 5.41) is 10.9. The Balaban J connectivity index is 2.21. The fraction of sp³-hybridized carbons (Fsp3) is 0.182. The lowest BCUT2D eigenvalue weighted by Gasteiger charge is -2.18. The number of hydrogen-bond acceptors (Lipinski definition) is 5. The summed E-state index contributed by atoms with van der Waals surface area (Å²) in [6.07, 6.45) is 1.62. The highest BCUT2D eigenvalue weighted by atomic mass is 32.1. The van der Waals surface area contributed by atoms with E-state index in [2.05, 4.69) is 16.0 Å². The molecule has 16 heavy (non-hydrogen) atoms. The normalized spacial score (nSPS) is 9.75. The predicted molar refractivity (Wildman–Crippen MR) is 63.2 cm³/mol. The van der Waals surface area contributed by atoms with Gasteiger partial charge in [0.05, 0.1) is 23.4 Å². The SMILES string of the molecule is CN(Cc1cscn1)c1cccnc1C#N. The number of anilines is 1. The zero-order chi connectivity index (χ0) is 11.4. The third-order valence-electron chi connectivity index (χ3n) is 2.19. The number of thiazole rings is 1. The first kappa shape index (κ1) is 10.6. The molecule has 2 rings (SSSR count). The number of pyridine rings is 1. The third-order valence-corrected chi connectivity index (χ3v) is 2.82. The van der Waals surface area contributed by atoms with Crippen LogP contribution in [0.3, 0.4) is 0 Å². The number of hydrogen-bond donors (Lipinski definition) is 0. The van der Waals surface area contributed by atoms with Gasteiger partial charge in [0.1, 0.15) is 6.07 Å². The van der Waals surface area contributed by atoms with Crippen LogP contribution in [0.1, 0.15) is 11.4 Å². The van der Waals surface area contributed by atoms with E-state index in [1.807, 2.05) is 29.5 Å². The van der Waals surface area contributed by atoms with Crippen LogP contribution < -0.4 is 4.90 Å². The summed E-state index contributed by atoms with van der Waals surface area (Å²) in [6.45, 7) is 0.684. The molecule has 2 aromatic heterocycles. The molecule has 0 saturated carbocycles. The van der Waals surface area contributed by atoms with E-state index in [4.69, 9.17) is 5.26 Å². The molecule has 2 heterocycles. The zero-order valence-corrected chi connectivity index (χ0v) is 9.61. The largest absolute Gasteiger partial charge is 0.366 e. The summed E-state index contributed by atoms with van der Waals surface area (Å²) >= 11 is 1.57. The molecule has 80 valence electrons. The van der Waals surface area contributed by atoms with E-state index in [0.29, 0.717) is 12.2 Å². The summed E-state index contributed by atoms with van der Waals surface area (Å²) < 4.78 is 0. The molecule has 0 aliphatic rings. The van der Waals surface area contributed by atoms with Crippen molar-refractivity contribution in [1.29, 1.82) is 5.26 Å². The Labute approximate surface area is 97.8 Å². The molecule has 0 bridgehead atoms. The Morgan fingerprint density at radius 1 is 1.50 bits per heavy atom. The van der Waals surface area contributed by atoms with Gasteiger partial charge in [-0.15, -0.1) is 11.3 Å². The van der Waals surface area contributed by atoms with Gasteiger partial charge in [-0.1, -0.05) is 0 Å². The molecule has 5 heteroatoms. The predicted octanol–water partition coefficient (Wildman–Crippen LogP) is 2.05. The van der Waals surface area contributed by atoms with Crippen LogP contribution in [0.25, 0.3) is 0 Å². The second kappa shape index (κ2) is 4.73. The van der Waals surface area contributed by atoms with Crippen LogP contribution in [0.4, 0.5) is 5.69 Å². The lowest BCUT2D eigenvalue weighted by Crippen LogP contribution is -2.18. The molecule has 0 aromatic carbocycles. The van der Waals surface area contributed by atoms with Crippen molar-refractivity contribution < 1.29 is 0 Å². The van der Waals surface area contributed by atoms with Gasteiger partial charge in [0.25, 0.3) is 0 Å². The van der Waals surface area contributed by atoms with E-state index in [0.717, 1.165) is 11.4 Å². The van der Waals surface area contributed by atoms with Crippen molar-refractivity contribution in [3.63, 3.8) is 0 Å². The van der Waals surface area contributed by atoms with Gasteiger partial charge in [-0.05, 0) is 12.1 Å². The van der Waals surface area contributed by atoms with Gasteiger partial charge in [0.2, 0.25) is 0 Å². The van der Waals surface area contributed by atoms with Crippen LogP contribution in [-0.4, -0.2) is 17.0 Å². The maximum atomic E-state index is 8.94. The molecular formula is C11H10N4S. The average Bonchev–Trinajstić information content (AvgIpc) is 2.81. The van der Waals surface area contributed by atoms with Crippen LogP contribution in [0.5, 0.6) is 0 Å². The molecule has 0 amide bonds. The maximum absolute atomic E-state index is 8.94. The van der Waals surface area contributed by atoms with Crippen LogP contribution >= 0.6 is 11.3 Å². The van der Waals surface area contributed by atoms with Crippen molar-refractivity contribution in [2.75, 3.05) is 11.9 Å². The topological polar surface area (TPSA) is 52.8 Å². The molecule has 4 nitrogen and oxygen atoms in total. The molecule has 0 N–H and O–H groups in total. The van der Waals surface area contributed by atoms with Gasteiger partial charge >= 0.3 is 0 Å². The molecule has 0 atom stereocenters. The van der Waals surface area contributed by atoms with E-state index in [1.165, 1.54) is 0 Å². The molecule has 0 radical (unpaired) electrons. The van der Waals surface area contributed by atoms with Gasteiger partial charge in [0, 0.05) is 18.6 Å². The number of nitrogens with zero attached hydrogens (tertiary/aromatic N) is 4. The zero-order valence-electron chi connectivity index (χ0n) is 8.79. The lowest BCUT2D eigenvalue weighted by molar-refractivity contribution is 0.888. The minimum Gasteiger partial charge on any atom is -0.366 e. The Bertz CT molecular complexity index is 501. The minimum atomic E-state index is 0.445. The highest BCUT2D eigenvalue weighted by Crippen LogP contribution is 2.18. The molecule has 0 spiro atoms. The Morgan fingerprint density at radius 3 is 3.06 bits per heavy atom. The fourth-order valence-electron chi connectivity index (χ4n) is 1.43. The van der Waals surface area contributed by atoms with Gasteiger partial charge in [-0.3, -0.25) is 0 Å². The van der Waals surface area contributed by atoms with Gasteiger partial charge in [-0.25, -0.2) is 9.97 Å². The average molecular weight is 230 g/mol. The van der Waals surface area contributed by atoms with Crippen LogP contribution in [-0.2, 0) is 6.54 Å². The highest BCUT2D eigenvalue weighted by Gasteiger charge is 2.08. The quantitative estimate of drug-likeness (QED) is 0.809. The van der Waals surface area contributed by atoms with Crippen molar-refractivity contribution in [2.24, 2.45) is 0 Å². The lowest BCUT2D eigenvalue weighted by atomic mass is 10.3. The van der Waals surface area contributed by atoms with Crippen molar-refractivity contribution >= 4 is 17.0 Å². The van der Waals surface area contributed by atoms with E-state index in [-0.39, 0.29) is 0 Å². The summed E-state index contributed by atoms with van der Waals surface area (Å²) in [6, 6.07) is 5.80. The van der Waals surface area contributed by atoms with Crippen molar-refractivity contribution in [3.8, 4) is 6.07 Å². The fourth-order valence-corrected chi connectivity index (χ4v) is 1.98. The molecular weight excluding hydrogens is 220 g/mol. The molecule has 0 fully saturated rings. The molecule has 0 aliphatic heterocycles. The summed E-state index contributed by atoms with van der Waals surface area (Å²) in [7, 11) is 1.93. The monoisotopic (exact) mass is 230 g/mol.